The Balaban J connectivity index is 1.98. The Morgan fingerprint density at radius 2 is 1.74 bits per heavy atom. The molecule has 2 heterocycles. The molecule has 0 aromatic carbocycles. The standard InChI is InChI=1S/C25H41N5O/c1-7-20(6)29-17-22(8-2)30(23(9-3)18-29)25-27-15-21(16-28-25)14-24(31)26-13-11-10-12-19(4)5/h15-16,19-20,22-23H,7-9,11,13-14,17-18H2,1-6H3,(H,26,31). The van der Waals surface area contributed by atoms with Crippen LogP contribution in [-0.4, -0.2) is 58.5 Å². The molecule has 1 aliphatic rings. The molecule has 0 aliphatic carbocycles. The predicted molar refractivity (Wildman–Crippen MR) is 128 cm³/mol. The van der Waals surface area contributed by atoms with Gasteiger partial charge in [-0.2, -0.15) is 0 Å². The van der Waals surface area contributed by atoms with Crippen LogP contribution in [0.15, 0.2) is 12.4 Å². The van der Waals surface area contributed by atoms with E-state index in [0.717, 1.165) is 37.4 Å². The van der Waals surface area contributed by atoms with E-state index in [0.29, 0.717) is 43.4 Å². The zero-order chi connectivity index (χ0) is 22.8. The zero-order valence-electron chi connectivity index (χ0n) is 20.3. The van der Waals surface area contributed by atoms with Crippen LogP contribution in [0.25, 0.3) is 0 Å². The summed E-state index contributed by atoms with van der Waals surface area (Å²) >= 11 is 0. The maximum Gasteiger partial charge on any atom is 0.225 e. The number of piperazine rings is 1. The van der Waals surface area contributed by atoms with Crippen LogP contribution < -0.4 is 10.2 Å². The number of nitrogens with one attached hydrogen (secondary N) is 1. The first-order chi connectivity index (χ1) is 14.9. The smallest absolute Gasteiger partial charge is 0.225 e. The normalized spacial score (nSPS) is 20.3. The molecule has 31 heavy (non-hydrogen) atoms. The number of amides is 1. The molecule has 1 amide bonds. The Hall–Kier alpha value is -2.13. The van der Waals surface area contributed by atoms with Crippen LogP contribution in [0.5, 0.6) is 0 Å². The van der Waals surface area contributed by atoms with E-state index in [1.807, 2.05) is 0 Å². The van der Waals surface area contributed by atoms with Crippen molar-refractivity contribution in [3.05, 3.63) is 18.0 Å². The van der Waals surface area contributed by atoms with Gasteiger partial charge in [0.25, 0.3) is 0 Å². The molecular weight excluding hydrogens is 386 g/mol. The van der Waals surface area contributed by atoms with E-state index < -0.39 is 0 Å². The van der Waals surface area contributed by atoms with Crippen molar-refractivity contribution in [3.63, 3.8) is 0 Å². The quantitative estimate of drug-likeness (QED) is 0.481. The second-order valence-corrected chi connectivity index (χ2v) is 8.89. The molecule has 1 aromatic rings. The average molecular weight is 428 g/mol. The molecule has 6 nitrogen and oxygen atoms in total. The number of anilines is 1. The number of nitrogens with zero attached hydrogens (tertiary/aromatic N) is 4. The Bertz CT molecular complexity index is 723. The van der Waals surface area contributed by atoms with Gasteiger partial charge in [0.15, 0.2) is 0 Å². The minimum absolute atomic E-state index is 0.0114. The first-order valence-electron chi connectivity index (χ1n) is 12.0. The zero-order valence-corrected chi connectivity index (χ0v) is 20.3. The van der Waals surface area contributed by atoms with Gasteiger partial charge in [-0.25, -0.2) is 9.97 Å². The van der Waals surface area contributed by atoms with Gasteiger partial charge in [0, 0.05) is 62.5 Å². The molecule has 0 saturated carbocycles. The summed E-state index contributed by atoms with van der Waals surface area (Å²) in [6.45, 7) is 15.9. The van der Waals surface area contributed by atoms with E-state index in [1.54, 1.807) is 12.4 Å². The summed E-state index contributed by atoms with van der Waals surface area (Å²) in [7, 11) is 0. The van der Waals surface area contributed by atoms with E-state index in [2.05, 4.69) is 78.5 Å². The minimum atomic E-state index is -0.0114. The molecule has 0 radical (unpaired) electrons. The largest absolute Gasteiger partial charge is 0.355 e. The third kappa shape index (κ3) is 7.50. The van der Waals surface area contributed by atoms with Crippen LogP contribution in [0.2, 0.25) is 0 Å². The Labute approximate surface area is 189 Å². The van der Waals surface area contributed by atoms with E-state index in [-0.39, 0.29) is 5.91 Å². The summed E-state index contributed by atoms with van der Waals surface area (Å²) < 4.78 is 0. The van der Waals surface area contributed by atoms with Gasteiger partial charge < -0.3 is 10.2 Å². The monoisotopic (exact) mass is 427 g/mol. The number of hydrogen-bond donors (Lipinski definition) is 1. The van der Waals surface area contributed by atoms with Crippen molar-refractivity contribution < 1.29 is 4.79 Å². The second-order valence-electron chi connectivity index (χ2n) is 8.89. The van der Waals surface area contributed by atoms with Crippen LogP contribution in [0.3, 0.4) is 0 Å². The highest BCUT2D eigenvalue weighted by molar-refractivity contribution is 5.78. The molecule has 1 aromatic heterocycles. The fraction of sp³-hybridized carbons (Fsp3) is 0.720. The molecule has 1 fully saturated rings. The highest BCUT2D eigenvalue weighted by Crippen LogP contribution is 2.26. The van der Waals surface area contributed by atoms with Crippen molar-refractivity contribution in [2.75, 3.05) is 24.5 Å². The average Bonchev–Trinajstić information content (AvgIpc) is 2.77. The maximum absolute atomic E-state index is 12.2. The van der Waals surface area contributed by atoms with Gasteiger partial charge >= 0.3 is 0 Å². The first-order valence-corrected chi connectivity index (χ1v) is 12.0. The number of carbonyl (C=O) groups is 1. The molecule has 1 saturated heterocycles. The lowest BCUT2D eigenvalue weighted by Gasteiger charge is -2.48. The molecule has 3 atom stereocenters. The van der Waals surface area contributed by atoms with Gasteiger partial charge in [-0.05, 0) is 31.7 Å². The molecule has 1 N–H and O–H groups in total. The maximum atomic E-state index is 12.2. The summed E-state index contributed by atoms with van der Waals surface area (Å²) in [6.07, 6.45) is 7.90. The van der Waals surface area contributed by atoms with Crippen molar-refractivity contribution in [1.82, 2.24) is 20.2 Å². The van der Waals surface area contributed by atoms with Crippen molar-refractivity contribution in [2.45, 2.75) is 91.8 Å². The molecule has 6 heteroatoms. The number of rotatable bonds is 9. The van der Waals surface area contributed by atoms with Gasteiger partial charge in [0.1, 0.15) is 0 Å². The minimum Gasteiger partial charge on any atom is -0.355 e. The summed E-state index contributed by atoms with van der Waals surface area (Å²) in [5.41, 5.74) is 0.842. The lowest BCUT2D eigenvalue weighted by Crippen LogP contribution is -2.60. The van der Waals surface area contributed by atoms with E-state index >= 15 is 0 Å². The summed E-state index contributed by atoms with van der Waals surface area (Å²) in [4.78, 5) is 26.5. The molecule has 1 aliphatic heterocycles. The molecule has 0 spiro atoms. The van der Waals surface area contributed by atoms with Crippen LogP contribution in [0.4, 0.5) is 5.95 Å². The summed E-state index contributed by atoms with van der Waals surface area (Å²) in [5, 5.41) is 2.92. The van der Waals surface area contributed by atoms with E-state index in [1.165, 1.54) is 6.42 Å². The Morgan fingerprint density at radius 3 is 2.26 bits per heavy atom. The molecular formula is C25H41N5O. The molecule has 0 bridgehead atoms. The topological polar surface area (TPSA) is 61.4 Å². The summed E-state index contributed by atoms with van der Waals surface area (Å²) in [5.74, 6) is 7.33. The van der Waals surface area contributed by atoms with E-state index in [9.17, 15) is 4.79 Å². The van der Waals surface area contributed by atoms with Crippen LogP contribution in [0, 0.1) is 17.8 Å². The van der Waals surface area contributed by atoms with Gasteiger partial charge in [0.05, 0.1) is 6.42 Å². The Morgan fingerprint density at radius 1 is 1.13 bits per heavy atom. The van der Waals surface area contributed by atoms with Gasteiger partial charge in [-0.15, -0.1) is 11.8 Å². The Kier molecular flexibility index (Phi) is 10.3. The lowest BCUT2D eigenvalue weighted by atomic mass is 10.00. The molecule has 172 valence electrons. The highest BCUT2D eigenvalue weighted by atomic mass is 16.1. The fourth-order valence-corrected chi connectivity index (χ4v) is 4.05. The second kappa shape index (κ2) is 12.7. The molecule has 3 unspecified atom stereocenters. The van der Waals surface area contributed by atoms with Gasteiger partial charge in [-0.3, -0.25) is 9.69 Å². The lowest BCUT2D eigenvalue weighted by molar-refractivity contribution is -0.120. The first kappa shape index (κ1) is 25.1. The number of hydrogen-bond acceptors (Lipinski definition) is 5. The van der Waals surface area contributed by atoms with Crippen molar-refractivity contribution >= 4 is 11.9 Å². The van der Waals surface area contributed by atoms with Crippen LogP contribution in [-0.2, 0) is 11.2 Å². The summed E-state index contributed by atoms with van der Waals surface area (Å²) in [6, 6.07) is 1.42. The molecule has 2 rings (SSSR count). The van der Waals surface area contributed by atoms with Gasteiger partial charge in [-0.1, -0.05) is 34.6 Å². The van der Waals surface area contributed by atoms with Gasteiger partial charge in [0.2, 0.25) is 11.9 Å². The van der Waals surface area contributed by atoms with Crippen molar-refractivity contribution in [3.8, 4) is 11.8 Å². The fourth-order valence-electron chi connectivity index (χ4n) is 4.05. The van der Waals surface area contributed by atoms with Crippen molar-refractivity contribution in [1.29, 1.82) is 0 Å². The van der Waals surface area contributed by atoms with Crippen LogP contribution in [0.1, 0.15) is 72.8 Å². The SMILES string of the molecule is CCC(C)N1CC(CC)N(c2ncc(CC(=O)NCCC#CC(C)C)cn2)C(CC)C1. The predicted octanol–water partition coefficient (Wildman–Crippen LogP) is 3.66. The number of carbonyl (C=O) groups excluding carboxylic acids is 1. The third-order valence-corrected chi connectivity index (χ3v) is 6.08. The van der Waals surface area contributed by atoms with E-state index in [4.69, 9.17) is 0 Å². The van der Waals surface area contributed by atoms with Crippen LogP contribution >= 0.6 is 0 Å². The van der Waals surface area contributed by atoms with Crippen molar-refractivity contribution in [2.24, 2.45) is 5.92 Å². The third-order valence-electron chi connectivity index (χ3n) is 6.08. The highest BCUT2D eigenvalue weighted by Gasteiger charge is 2.35. The number of aromatic nitrogens is 2.